The normalized spacial score (nSPS) is 29.0. The zero-order valence-electron chi connectivity index (χ0n) is 10.7. The Morgan fingerprint density at radius 2 is 2.00 bits per heavy atom. The fraction of sp³-hybridized carbons (Fsp3) is 0.600. The molecule has 0 heterocycles. The first kappa shape index (κ1) is 13.4. The molecule has 2 fully saturated rings. The molecule has 2 nitrogen and oxygen atoms in total. The lowest BCUT2D eigenvalue weighted by Crippen LogP contribution is -2.60. The molecule has 2 atom stereocenters. The van der Waals surface area contributed by atoms with Crippen molar-refractivity contribution in [3.05, 3.63) is 28.5 Å². The smallest absolute Gasteiger partial charge is 0.136 e. The van der Waals surface area contributed by atoms with Crippen LogP contribution in [-0.2, 0) is 0 Å². The van der Waals surface area contributed by atoms with Crippen LogP contribution in [0.3, 0.4) is 0 Å². The van der Waals surface area contributed by atoms with Crippen molar-refractivity contribution in [3.63, 3.8) is 0 Å². The van der Waals surface area contributed by atoms with Gasteiger partial charge in [-0.1, -0.05) is 19.3 Å². The van der Waals surface area contributed by atoms with Crippen LogP contribution < -0.4 is 4.74 Å². The number of aliphatic hydroxyl groups is 1. The van der Waals surface area contributed by atoms with E-state index in [9.17, 15) is 9.50 Å². The number of benzene rings is 1. The molecule has 0 aromatic heterocycles. The quantitative estimate of drug-likeness (QED) is 0.887. The summed E-state index contributed by atoms with van der Waals surface area (Å²) in [5.74, 6) is 0.248. The second kappa shape index (κ2) is 5.06. The molecule has 1 aromatic carbocycles. The predicted molar refractivity (Wildman–Crippen MR) is 74.7 cm³/mol. The third-order valence-electron chi connectivity index (χ3n) is 4.69. The molecular formula is C15H18BrFO2. The average Bonchev–Trinajstić information content (AvgIpc) is 2.43. The maximum absolute atomic E-state index is 13.3. The molecule has 1 aromatic rings. The Hall–Kier alpha value is -0.610. The van der Waals surface area contributed by atoms with E-state index in [2.05, 4.69) is 15.9 Å². The van der Waals surface area contributed by atoms with Crippen LogP contribution in [0.15, 0.2) is 22.7 Å². The summed E-state index contributed by atoms with van der Waals surface area (Å²) in [6, 6.07) is 4.47. The molecule has 0 amide bonds. The number of ether oxygens (including phenoxy) is 1. The summed E-state index contributed by atoms with van der Waals surface area (Å²) in [6.45, 7) is 0. The van der Waals surface area contributed by atoms with Crippen LogP contribution in [0.25, 0.3) is 0 Å². The number of hydrogen-bond donors (Lipinski definition) is 1. The van der Waals surface area contributed by atoms with Crippen LogP contribution in [0.4, 0.5) is 4.39 Å². The van der Waals surface area contributed by atoms with Crippen LogP contribution in [0.5, 0.6) is 5.75 Å². The largest absolute Gasteiger partial charge is 0.488 e. The highest BCUT2D eigenvalue weighted by molar-refractivity contribution is 9.10. The molecule has 2 aliphatic carbocycles. The number of aliphatic hydroxyl groups excluding tert-OH is 1. The third-order valence-corrected chi connectivity index (χ3v) is 5.34. The summed E-state index contributed by atoms with van der Waals surface area (Å²) in [4.78, 5) is 0. The molecule has 2 aliphatic rings. The van der Waals surface area contributed by atoms with Crippen molar-refractivity contribution in [2.24, 2.45) is 5.41 Å². The Balaban J connectivity index is 1.78. The van der Waals surface area contributed by atoms with Crippen molar-refractivity contribution in [2.45, 2.75) is 50.7 Å². The number of halogens is 2. The first-order chi connectivity index (χ1) is 9.12. The summed E-state index contributed by atoms with van der Waals surface area (Å²) in [7, 11) is 0. The predicted octanol–water partition coefficient (Wildman–Crippen LogP) is 4.05. The van der Waals surface area contributed by atoms with Crippen molar-refractivity contribution < 1.29 is 14.2 Å². The minimum Gasteiger partial charge on any atom is -0.488 e. The van der Waals surface area contributed by atoms with Crippen molar-refractivity contribution in [1.82, 2.24) is 0 Å². The number of hydrogen-bond acceptors (Lipinski definition) is 2. The fourth-order valence-electron chi connectivity index (χ4n) is 3.48. The second-order valence-corrected chi connectivity index (χ2v) is 6.58. The standard InChI is InChI=1S/C15H18BrFO2/c16-11-5-4-10(17)8-12(11)19-14-9-13(18)15(14)6-2-1-3-7-15/h4-5,8,13-14,18H,1-3,6-7,9H2. The van der Waals surface area contributed by atoms with Crippen molar-refractivity contribution >= 4 is 15.9 Å². The van der Waals surface area contributed by atoms with E-state index in [0.29, 0.717) is 12.2 Å². The SMILES string of the molecule is OC1CC(Oc2cc(F)ccc2Br)C12CCCCC2. The Labute approximate surface area is 121 Å². The maximum atomic E-state index is 13.3. The van der Waals surface area contributed by atoms with Gasteiger partial charge in [-0.3, -0.25) is 0 Å². The molecule has 0 aliphatic heterocycles. The molecule has 0 radical (unpaired) electrons. The van der Waals surface area contributed by atoms with Gasteiger partial charge in [0.25, 0.3) is 0 Å². The first-order valence-electron chi connectivity index (χ1n) is 6.91. The van der Waals surface area contributed by atoms with E-state index < -0.39 is 0 Å². The highest BCUT2D eigenvalue weighted by Crippen LogP contribution is 2.53. The second-order valence-electron chi connectivity index (χ2n) is 5.73. The summed E-state index contributed by atoms with van der Waals surface area (Å²) < 4.78 is 20.0. The molecular weight excluding hydrogens is 311 g/mol. The molecule has 1 spiro atoms. The van der Waals surface area contributed by atoms with E-state index in [1.807, 2.05) is 0 Å². The van der Waals surface area contributed by atoms with E-state index in [4.69, 9.17) is 4.74 Å². The number of rotatable bonds is 2. The fourth-order valence-corrected chi connectivity index (χ4v) is 3.82. The first-order valence-corrected chi connectivity index (χ1v) is 7.71. The van der Waals surface area contributed by atoms with E-state index >= 15 is 0 Å². The highest BCUT2D eigenvalue weighted by atomic mass is 79.9. The lowest BCUT2D eigenvalue weighted by atomic mass is 9.56. The van der Waals surface area contributed by atoms with Gasteiger partial charge in [0.05, 0.1) is 10.6 Å². The minimum atomic E-state index is -0.296. The lowest BCUT2D eigenvalue weighted by Gasteiger charge is -2.55. The zero-order valence-corrected chi connectivity index (χ0v) is 12.3. The van der Waals surface area contributed by atoms with Crippen LogP contribution >= 0.6 is 15.9 Å². The summed E-state index contributed by atoms with van der Waals surface area (Å²) in [5, 5.41) is 10.1. The van der Waals surface area contributed by atoms with E-state index in [1.165, 1.54) is 18.6 Å². The molecule has 1 N–H and O–H groups in total. The van der Waals surface area contributed by atoms with Gasteiger partial charge in [-0.25, -0.2) is 4.39 Å². The zero-order chi connectivity index (χ0) is 13.5. The molecule has 0 saturated heterocycles. The van der Waals surface area contributed by atoms with Crippen LogP contribution in [-0.4, -0.2) is 17.3 Å². The molecule has 0 bridgehead atoms. The van der Waals surface area contributed by atoms with E-state index in [1.54, 1.807) is 6.07 Å². The van der Waals surface area contributed by atoms with Crippen LogP contribution in [0, 0.1) is 11.2 Å². The Bertz CT molecular complexity index is 471. The van der Waals surface area contributed by atoms with Crippen LogP contribution in [0.2, 0.25) is 0 Å². The van der Waals surface area contributed by atoms with Gasteiger partial charge in [-0.15, -0.1) is 0 Å². The Morgan fingerprint density at radius 3 is 2.68 bits per heavy atom. The van der Waals surface area contributed by atoms with E-state index in [0.717, 1.165) is 30.2 Å². The van der Waals surface area contributed by atoms with E-state index in [-0.39, 0.29) is 23.4 Å². The van der Waals surface area contributed by atoms with Crippen molar-refractivity contribution in [3.8, 4) is 5.75 Å². The van der Waals surface area contributed by atoms with Crippen LogP contribution in [0.1, 0.15) is 38.5 Å². The summed E-state index contributed by atoms with van der Waals surface area (Å²) in [5.41, 5.74) is -0.0932. The van der Waals surface area contributed by atoms with Gasteiger partial charge in [0, 0.05) is 17.9 Å². The van der Waals surface area contributed by atoms with Crippen molar-refractivity contribution in [2.75, 3.05) is 0 Å². The third kappa shape index (κ3) is 2.29. The van der Waals surface area contributed by atoms with Gasteiger partial charge in [0.2, 0.25) is 0 Å². The van der Waals surface area contributed by atoms with Gasteiger partial charge in [-0.2, -0.15) is 0 Å². The Kier molecular flexibility index (Phi) is 3.56. The molecule has 2 saturated carbocycles. The molecule has 19 heavy (non-hydrogen) atoms. The highest BCUT2D eigenvalue weighted by Gasteiger charge is 2.56. The molecule has 3 rings (SSSR count). The van der Waals surface area contributed by atoms with Gasteiger partial charge >= 0.3 is 0 Å². The molecule has 4 heteroatoms. The van der Waals surface area contributed by atoms with Gasteiger partial charge in [0.15, 0.2) is 0 Å². The van der Waals surface area contributed by atoms with Gasteiger partial charge in [-0.05, 0) is 40.9 Å². The summed E-state index contributed by atoms with van der Waals surface area (Å²) >= 11 is 3.39. The van der Waals surface area contributed by atoms with Gasteiger partial charge < -0.3 is 9.84 Å². The molecule has 104 valence electrons. The summed E-state index contributed by atoms with van der Waals surface area (Å²) in [6.07, 6.45) is 6.00. The lowest BCUT2D eigenvalue weighted by molar-refractivity contribution is -0.172. The maximum Gasteiger partial charge on any atom is 0.136 e. The topological polar surface area (TPSA) is 29.5 Å². The molecule has 2 unspecified atom stereocenters. The monoisotopic (exact) mass is 328 g/mol. The van der Waals surface area contributed by atoms with Gasteiger partial charge in [0.1, 0.15) is 17.7 Å². The van der Waals surface area contributed by atoms with Crippen molar-refractivity contribution in [1.29, 1.82) is 0 Å². The average molecular weight is 329 g/mol. The Morgan fingerprint density at radius 1 is 1.26 bits per heavy atom. The minimum absolute atomic E-state index is 0.0147.